The third-order valence-corrected chi connectivity index (χ3v) is 2.41. The largest absolute Gasteiger partial charge is 0.417 e. The Hall–Kier alpha value is -1.95. The van der Waals surface area contributed by atoms with Crippen molar-refractivity contribution >= 4 is 0 Å². The first-order valence-corrected chi connectivity index (χ1v) is 5.19. The van der Waals surface area contributed by atoms with E-state index in [2.05, 4.69) is 9.97 Å². The fourth-order valence-corrected chi connectivity index (χ4v) is 1.45. The van der Waals surface area contributed by atoms with Gasteiger partial charge in [0.15, 0.2) is 0 Å². The summed E-state index contributed by atoms with van der Waals surface area (Å²) < 4.78 is 37.1. The molecule has 3 nitrogen and oxygen atoms in total. The summed E-state index contributed by atoms with van der Waals surface area (Å²) >= 11 is 0. The second-order valence-electron chi connectivity index (χ2n) is 3.68. The van der Waals surface area contributed by atoms with Gasteiger partial charge in [0.1, 0.15) is 0 Å². The van der Waals surface area contributed by atoms with Crippen molar-refractivity contribution in [2.45, 2.75) is 12.7 Å². The van der Waals surface area contributed by atoms with Gasteiger partial charge >= 0.3 is 6.18 Å². The smallest absolute Gasteiger partial charge is 0.326 e. The molecule has 94 valence electrons. The van der Waals surface area contributed by atoms with E-state index in [1.165, 1.54) is 6.07 Å². The van der Waals surface area contributed by atoms with Crippen molar-refractivity contribution in [3.05, 3.63) is 47.8 Å². The summed E-state index contributed by atoms with van der Waals surface area (Å²) in [5.41, 5.74) is 6.45. The van der Waals surface area contributed by atoms with Crippen LogP contribution in [0.3, 0.4) is 0 Å². The van der Waals surface area contributed by atoms with Crippen LogP contribution in [0, 0.1) is 0 Å². The molecule has 0 radical (unpaired) electrons. The molecular weight excluding hydrogens is 243 g/mol. The van der Waals surface area contributed by atoms with Gasteiger partial charge in [-0.3, -0.25) is 9.97 Å². The minimum absolute atomic E-state index is 0.343. The van der Waals surface area contributed by atoms with Gasteiger partial charge in [0.05, 0.1) is 17.0 Å². The summed E-state index contributed by atoms with van der Waals surface area (Å²) in [4.78, 5) is 7.82. The maximum atomic E-state index is 12.4. The van der Waals surface area contributed by atoms with Gasteiger partial charge in [0, 0.05) is 18.9 Å². The number of hydrogen-bond donors (Lipinski definition) is 1. The van der Waals surface area contributed by atoms with Crippen LogP contribution < -0.4 is 5.73 Å². The quantitative estimate of drug-likeness (QED) is 0.895. The molecule has 0 bridgehead atoms. The lowest BCUT2D eigenvalue weighted by Crippen LogP contribution is -2.05. The Bertz CT molecular complexity index is 535. The average Bonchev–Trinajstić information content (AvgIpc) is 2.38. The second-order valence-corrected chi connectivity index (χ2v) is 3.68. The van der Waals surface area contributed by atoms with Gasteiger partial charge in [-0.2, -0.15) is 13.2 Å². The van der Waals surface area contributed by atoms with E-state index in [-0.39, 0.29) is 0 Å². The van der Waals surface area contributed by atoms with Crippen LogP contribution in [0.1, 0.15) is 11.1 Å². The van der Waals surface area contributed by atoms with Crippen LogP contribution in [0.15, 0.2) is 36.7 Å². The molecule has 0 saturated carbocycles. The minimum atomic E-state index is -4.38. The number of aromatic nitrogens is 2. The summed E-state index contributed by atoms with van der Waals surface area (Å²) in [5.74, 6) is 0. The molecule has 0 aliphatic rings. The average molecular weight is 253 g/mol. The van der Waals surface area contributed by atoms with Crippen molar-refractivity contribution in [1.29, 1.82) is 0 Å². The van der Waals surface area contributed by atoms with Gasteiger partial charge < -0.3 is 5.73 Å². The molecule has 2 aromatic heterocycles. The molecule has 0 aliphatic carbocycles. The van der Waals surface area contributed by atoms with E-state index in [4.69, 9.17) is 5.73 Å². The van der Waals surface area contributed by atoms with Crippen molar-refractivity contribution in [1.82, 2.24) is 9.97 Å². The Morgan fingerprint density at radius 1 is 1.06 bits per heavy atom. The predicted molar refractivity (Wildman–Crippen MR) is 60.4 cm³/mol. The number of nitrogens with zero attached hydrogens (tertiary/aromatic N) is 2. The minimum Gasteiger partial charge on any atom is -0.326 e. The van der Waals surface area contributed by atoms with Crippen molar-refractivity contribution < 1.29 is 13.2 Å². The first-order chi connectivity index (χ1) is 8.50. The lowest BCUT2D eigenvalue weighted by Gasteiger charge is -2.07. The highest BCUT2D eigenvalue weighted by molar-refractivity contribution is 5.54. The number of halogens is 3. The molecule has 2 heterocycles. The molecule has 0 aliphatic heterocycles. The van der Waals surface area contributed by atoms with Crippen LogP contribution in [-0.2, 0) is 12.7 Å². The molecule has 0 aromatic carbocycles. The number of alkyl halides is 3. The number of hydrogen-bond acceptors (Lipinski definition) is 3. The molecule has 0 fully saturated rings. The van der Waals surface area contributed by atoms with Gasteiger partial charge in [-0.05, 0) is 29.8 Å². The van der Waals surface area contributed by atoms with Gasteiger partial charge in [-0.25, -0.2) is 0 Å². The predicted octanol–water partition coefficient (Wildman–Crippen LogP) is 2.62. The molecule has 2 aromatic rings. The molecule has 2 rings (SSSR count). The molecule has 18 heavy (non-hydrogen) atoms. The SMILES string of the molecule is NCc1ccnc(-c2ccc(C(F)(F)F)cn2)c1. The van der Waals surface area contributed by atoms with Crippen LogP contribution in [0.5, 0.6) is 0 Å². The zero-order chi connectivity index (χ0) is 13.2. The monoisotopic (exact) mass is 253 g/mol. The molecule has 0 atom stereocenters. The standard InChI is InChI=1S/C12H10F3N3/c13-12(14,15)9-1-2-10(18-7-9)11-5-8(6-16)3-4-17-11/h1-5,7H,6,16H2. The van der Waals surface area contributed by atoms with E-state index >= 15 is 0 Å². The van der Waals surface area contributed by atoms with Crippen LogP contribution in [0.25, 0.3) is 11.4 Å². The Morgan fingerprint density at radius 3 is 2.39 bits per heavy atom. The first kappa shape index (κ1) is 12.5. The van der Waals surface area contributed by atoms with E-state index in [1.54, 1.807) is 18.3 Å². The fraction of sp³-hybridized carbons (Fsp3) is 0.167. The summed E-state index contributed by atoms with van der Waals surface area (Å²) in [6.07, 6.45) is -2.03. The normalized spacial score (nSPS) is 11.6. The van der Waals surface area contributed by atoms with Crippen molar-refractivity contribution in [2.24, 2.45) is 5.73 Å². The fourth-order valence-electron chi connectivity index (χ4n) is 1.45. The number of nitrogens with two attached hydrogens (primary N) is 1. The van der Waals surface area contributed by atoms with E-state index < -0.39 is 11.7 Å². The van der Waals surface area contributed by atoms with Gasteiger partial charge in [-0.1, -0.05) is 0 Å². The molecule has 0 spiro atoms. The third kappa shape index (κ3) is 2.65. The highest BCUT2D eigenvalue weighted by Crippen LogP contribution is 2.29. The zero-order valence-corrected chi connectivity index (χ0v) is 9.28. The van der Waals surface area contributed by atoms with Gasteiger partial charge in [0.25, 0.3) is 0 Å². The van der Waals surface area contributed by atoms with Crippen LogP contribution in [0.2, 0.25) is 0 Å². The second kappa shape index (κ2) is 4.73. The summed E-state index contributed by atoms with van der Waals surface area (Å²) in [7, 11) is 0. The zero-order valence-electron chi connectivity index (χ0n) is 9.28. The van der Waals surface area contributed by atoms with Crippen molar-refractivity contribution in [2.75, 3.05) is 0 Å². The lowest BCUT2D eigenvalue weighted by molar-refractivity contribution is -0.137. The van der Waals surface area contributed by atoms with E-state index in [0.717, 1.165) is 17.8 Å². The van der Waals surface area contributed by atoms with Crippen LogP contribution in [-0.4, -0.2) is 9.97 Å². The number of pyridine rings is 2. The first-order valence-electron chi connectivity index (χ1n) is 5.19. The summed E-state index contributed by atoms with van der Waals surface area (Å²) in [6, 6.07) is 5.73. The van der Waals surface area contributed by atoms with Gasteiger partial charge in [-0.15, -0.1) is 0 Å². The van der Waals surface area contributed by atoms with E-state index in [1.807, 2.05) is 0 Å². The molecule has 2 N–H and O–H groups in total. The highest BCUT2D eigenvalue weighted by Gasteiger charge is 2.30. The molecule has 6 heteroatoms. The molecule has 0 amide bonds. The Kier molecular flexibility index (Phi) is 3.29. The molecular formula is C12H10F3N3. The Labute approximate surface area is 101 Å². The highest BCUT2D eigenvalue weighted by atomic mass is 19.4. The third-order valence-electron chi connectivity index (χ3n) is 2.41. The Balaban J connectivity index is 2.34. The molecule has 0 saturated heterocycles. The van der Waals surface area contributed by atoms with Crippen molar-refractivity contribution in [3.8, 4) is 11.4 Å². The Morgan fingerprint density at radius 2 is 1.83 bits per heavy atom. The molecule has 0 unspecified atom stereocenters. The van der Waals surface area contributed by atoms with E-state index in [0.29, 0.717) is 17.9 Å². The van der Waals surface area contributed by atoms with Crippen LogP contribution in [0.4, 0.5) is 13.2 Å². The van der Waals surface area contributed by atoms with Crippen LogP contribution >= 0.6 is 0 Å². The maximum absolute atomic E-state index is 12.4. The van der Waals surface area contributed by atoms with Gasteiger partial charge in [0.2, 0.25) is 0 Å². The summed E-state index contributed by atoms with van der Waals surface area (Å²) in [6.45, 7) is 0.343. The topological polar surface area (TPSA) is 51.8 Å². The maximum Gasteiger partial charge on any atom is 0.417 e. The van der Waals surface area contributed by atoms with E-state index in [9.17, 15) is 13.2 Å². The summed E-state index contributed by atoms with van der Waals surface area (Å²) in [5, 5.41) is 0. The van der Waals surface area contributed by atoms with Crippen molar-refractivity contribution in [3.63, 3.8) is 0 Å². The lowest BCUT2D eigenvalue weighted by atomic mass is 10.1. The number of rotatable bonds is 2.